The van der Waals surface area contributed by atoms with Crippen LogP contribution in [0.25, 0.3) is 0 Å². The Labute approximate surface area is 145 Å². The lowest BCUT2D eigenvalue weighted by molar-refractivity contribution is 1.21. The van der Waals surface area contributed by atoms with E-state index in [0.717, 1.165) is 17.1 Å². The molecule has 112 valence electrons. The van der Waals surface area contributed by atoms with Gasteiger partial charge in [-0.3, -0.25) is 4.90 Å². The van der Waals surface area contributed by atoms with Gasteiger partial charge >= 0.3 is 0 Å². The number of para-hydroxylation sites is 3. The predicted octanol–water partition coefficient (Wildman–Crippen LogP) is 5.69. The zero-order valence-electron chi connectivity index (χ0n) is 12.3. The lowest BCUT2D eigenvalue weighted by Gasteiger charge is -2.33. The summed E-state index contributed by atoms with van der Waals surface area (Å²) in [4.78, 5) is 4.54. The third-order valence-electron chi connectivity index (χ3n) is 3.66. The van der Waals surface area contributed by atoms with E-state index in [-0.39, 0.29) is 0 Å². The van der Waals surface area contributed by atoms with Gasteiger partial charge in [-0.2, -0.15) is 0 Å². The number of benzene rings is 3. The molecule has 3 aromatic rings. The van der Waals surface area contributed by atoms with Gasteiger partial charge in [0, 0.05) is 15.5 Å². The molecule has 0 aromatic heterocycles. The highest BCUT2D eigenvalue weighted by Gasteiger charge is 2.25. The maximum atomic E-state index is 5.71. The summed E-state index contributed by atoms with van der Waals surface area (Å²) in [6, 6.07) is 26.7. The molecule has 0 spiro atoms. The van der Waals surface area contributed by atoms with Crippen LogP contribution in [0.1, 0.15) is 0 Å². The molecule has 1 N–H and O–H groups in total. The minimum absolute atomic E-state index is 0.677. The van der Waals surface area contributed by atoms with E-state index < -0.39 is 0 Å². The molecular formula is C19H14N2S2. The second kappa shape index (κ2) is 6.07. The molecule has 0 atom stereocenters. The molecule has 0 radical (unpaired) electrons. The zero-order valence-corrected chi connectivity index (χ0v) is 13.9. The van der Waals surface area contributed by atoms with Gasteiger partial charge in [0.15, 0.2) is 5.11 Å². The maximum Gasteiger partial charge on any atom is 0.182 e. The standard InChI is InChI=1S/C19H14N2S2/c22-19(20-14-8-2-1-3-9-14)21-15-10-4-6-12-17(15)23-18-13-7-5-11-16(18)21/h1-13H,(H,20,22). The smallest absolute Gasteiger partial charge is 0.182 e. The number of rotatable bonds is 1. The second-order valence-electron chi connectivity index (χ2n) is 5.17. The monoisotopic (exact) mass is 334 g/mol. The van der Waals surface area contributed by atoms with Gasteiger partial charge in [0.1, 0.15) is 0 Å². The summed E-state index contributed by atoms with van der Waals surface area (Å²) in [6.07, 6.45) is 0. The van der Waals surface area contributed by atoms with Crippen LogP contribution in [0.5, 0.6) is 0 Å². The van der Waals surface area contributed by atoms with Crippen molar-refractivity contribution < 1.29 is 0 Å². The summed E-state index contributed by atoms with van der Waals surface area (Å²) in [6.45, 7) is 0. The molecule has 4 rings (SSSR count). The van der Waals surface area contributed by atoms with E-state index in [9.17, 15) is 0 Å². The Kier molecular flexibility index (Phi) is 3.77. The lowest BCUT2D eigenvalue weighted by Crippen LogP contribution is -2.32. The van der Waals surface area contributed by atoms with Gasteiger partial charge in [0.25, 0.3) is 0 Å². The van der Waals surface area contributed by atoms with Gasteiger partial charge in [-0.15, -0.1) is 0 Å². The molecular weight excluding hydrogens is 320 g/mol. The largest absolute Gasteiger partial charge is 0.332 e. The molecule has 0 bridgehead atoms. The van der Waals surface area contributed by atoms with Gasteiger partial charge in [-0.05, 0) is 48.6 Å². The Bertz CT molecular complexity index is 817. The predicted molar refractivity (Wildman–Crippen MR) is 102 cm³/mol. The Morgan fingerprint density at radius 2 is 1.26 bits per heavy atom. The van der Waals surface area contributed by atoms with Crippen molar-refractivity contribution in [2.75, 3.05) is 10.2 Å². The fourth-order valence-electron chi connectivity index (χ4n) is 2.62. The van der Waals surface area contributed by atoms with Crippen LogP contribution in [0.2, 0.25) is 0 Å². The quantitative estimate of drug-likeness (QED) is 0.575. The lowest BCUT2D eigenvalue weighted by atomic mass is 10.2. The van der Waals surface area contributed by atoms with Gasteiger partial charge in [0.05, 0.1) is 11.4 Å². The Morgan fingerprint density at radius 3 is 1.87 bits per heavy atom. The molecule has 0 fully saturated rings. The first kappa shape index (κ1) is 14.3. The highest BCUT2D eigenvalue weighted by Crippen LogP contribution is 2.48. The Balaban J connectivity index is 1.77. The fraction of sp³-hybridized carbons (Fsp3) is 0. The zero-order chi connectivity index (χ0) is 15.6. The van der Waals surface area contributed by atoms with E-state index in [1.54, 1.807) is 11.8 Å². The summed E-state index contributed by atoms with van der Waals surface area (Å²) in [5.74, 6) is 0. The van der Waals surface area contributed by atoms with Crippen molar-refractivity contribution in [2.45, 2.75) is 9.79 Å². The average molecular weight is 334 g/mol. The summed E-state index contributed by atoms with van der Waals surface area (Å²) in [7, 11) is 0. The van der Waals surface area contributed by atoms with Crippen LogP contribution in [0.3, 0.4) is 0 Å². The van der Waals surface area contributed by atoms with Gasteiger partial charge in [0.2, 0.25) is 0 Å². The fourth-order valence-corrected chi connectivity index (χ4v) is 4.00. The second-order valence-corrected chi connectivity index (χ2v) is 6.64. The summed E-state index contributed by atoms with van der Waals surface area (Å²) in [5, 5.41) is 4.02. The van der Waals surface area contributed by atoms with Crippen LogP contribution >= 0.6 is 24.0 Å². The van der Waals surface area contributed by atoms with Crippen LogP contribution in [-0.4, -0.2) is 5.11 Å². The topological polar surface area (TPSA) is 15.3 Å². The van der Waals surface area contributed by atoms with Crippen LogP contribution in [0.4, 0.5) is 17.1 Å². The first-order valence-corrected chi connectivity index (χ1v) is 8.57. The number of fused-ring (bicyclic) bond motifs is 2. The molecule has 0 unspecified atom stereocenters. The first-order valence-electron chi connectivity index (χ1n) is 7.35. The van der Waals surface area contributed by atoms with E-state index in [4.69, 9.17) is 12.2 Å². The van der Waals surface area contributed by atoms with Crippen molar-refractivity contribution in [3.05, 3.63) is 78.9 Å². The molecule has 0 amide bonds. The number of nitrogens with one attached hydrogen (secondary N) is 1. The minimum atomic E-state index is 0.677. The normalized spacial score (nSPS) is 12.3. The third-order valence-corrected chi connectivity index (χ3v) is 5.08. The molecule has 0 saturated heterocycles. The van der Waals surface area contributed by atoms with Crippen molar-refractivity contribution in [1.82, 2.24) is 0 Å². The van der Waals surface area contributed by atoms with Gasteiger partial charge < -0.3 is 5.32 Å². The van der Waals surface area contributed by atoms with E-state index in [0.29, 0.717) is 5.11 Å². The average Bonchev–Trinajstić information content (AvgIpc) is 2.60. The molecule has 0 aliphatic carbocycles. The number of hydrogen-bond acceptors (Lipinski definition) is 2. The number of nitrogens with zero attached hydrogens (tertiary/aromatic N) is 1. The van der Waals surface area contributed by atoms with Crippen LogP contribution in [0.15, 0.2) is 88.7 Å². The molecule has 1 aliphatic rings. The molecule has 4 heteroatoms. The van der Waals surface area contributed by atoms with Crippen LogP contribution < -0.4 is 10.2 Å². The molecule has 1 heterocycles. The van der Waals surface area contributed by atoms with E-state index in [1.165, 1.54) is 9.79 Å². The highest BCUT2D eigenvalue weighted by molar-refractivity contribution is 7.99. The van der Waals surface area contributed by atoms with Crippen molar-refractivity contribution >= 4 is 46.2 Å². The van der Waals surface area contributed by atoms with Crippen molar-refractivity contribution in [2.24, 2.45) is 0 Å². The number of hydrogen-bond donors (Lipinski definition) is 1. The van der Waals surface area contributed by atoms with E-state index in [2.05, 4.69) is 46.6 Å². The number of anilines is 3. The first-order chi connectivity index (χ1) is 11.3. The molecule has 3 aromatic carbocycles. The Morgan fingerprint density at radius 1 is 0.739 bits per heavy atom. The SMILES string of the molecule is S=C(Nc1ccccc1)N1c2ccccc2Sc2ccccc21. The summed E-state index contributed by atoms with van der Waals surface area (Å²) in [5.41, 5.74) is 3.22. The molecule has 1 aliphatic heterocycles. The molecule has 23 heavy (non-hydrogen) atoms. The van der Waals surface area contributed by atoms with Gasteiger partial charge in [-0.1, -0.05) is 54.2 Å². The molecule has 0 saturated carbocycles. The van der Waals surface area contributed by atoms with Crippen molar-refractivity contribution in [3.63, 3.8) is 0 Å². The van der Waals surface area contributed by atoms with E-state index in [1.807, 2.05) is 42.5 Å². The number of thiocarbonyl (C=S) groups is 1. The van der Waals surface area contributed by atoms with Crippen molar-refractivity contribution in [3.8, 4) is 0 Å². The summed E-state index contributed by atoms with van der Waals surface area (Å²) < 4.78 is 0. The van der Waals surface area contributed by atoms with Gasteiger partial charge in [-0.25, -0.2) is 0 Å². The van der Waals surface area contributed by atoms with Crippen LogP contribution in [-0.2, 0) is 0 Å². The van der Waals surface area contributed by atoms with Crippen molar-refractivity contribution in [1.29, 1.82) is 0 Å². The van der Waals surface area contributed by atoms with E-state index >= 15 is 0 Å². The summed E-state index contributed by atoms with van der Waals surface area (Å²) >= 11 is 7.49. The highest BCUT2D eigenvalue weighted by atomic mass is 32.2. The van der Waals surface area contributed by atoms with Crippen LogP contribution in [0, 0.1) is 0 Å². The Hall–Kier alpha value is -2.30. The minimum Gasteiger partial charge on any atom is -0.332 e. The molecule has 2 nitrogen and oxygen atoms in total. The maximum absolute atomic E-state index is 5.71. The third kappa shape index (κ3) is 2.71.